The van der Waals surface area contributed by atoms with Crippen molar-refractivity contribution in [3.63, 3.8) is 0 Å². The van der Waals surface area contributed by atoms with Crippen molar-refractivity contribution in [2.45, 2.75) is 26.4 Å². The maximum Gasteiger partial charge on any atom is 0.248 e. The molecule has 1 amide bonds. The molecule has 1 fully saturated rings. The average molecular weight is 305 g/mol. The predicted molar refractivity (Wildman–Crippen MR) is 87.8 cm³/mol. The van der Waals surface area contributed by atoms with E-state index in [0.717, 1.165) is 51.5 Å². The number of hydrogen-bond donors (Lipinski definition) is 1. The highest BCUT2D eigenvalue weighted by molar-refractivity contribution is 5.92. The van der Waals surface area contributed by atoms with Gasteiger partial charge >= 0.3 is 0 Å². The third-order valence-electron chi connectivity index (χ3n) is 4.19. The summed E-state index contributed by atoms with van der Waals surface area (Å²) in [6.45, 7) is 10.9. The van der Waals surface area contributed by atoms with Crippen LogP contribution in [0.15, 0.2) is 24.3 Å². The summed E-state index contributed by atoms with van der Waals surface area (Å²) in [6.07, 6.45) is 0. The van der Waals surface area contributed by atoms with Crippen molar-refractivity contribution < 1.29 is 9.53 Å². The van der Waals surface area contributed by atoms with Crippen LogP contribution in [0.2, 0.25) is 0 Å². The quantitative estimate of drug-likeness (QED) is 0.772. The van der Waals surface area contributed by atoms with Gasteiger partial charge < -0.3 is 10.5 Å². The Morgan fingerprint density at radius 2 is 2.23 bits per heavy atom. The molecule has 1 heterocycles. The number of primary amides is 1. The van der Waals surface area contributed by atoms with Crippen molar-refractivity contribution in [1.82, 2.24) is 9.80 Å². The fraction of sp³-hybridized carbons (Fsp3) is 0.588. The van der Waals surface area contributed by atoms with E-state index < -0.39 is 0 Å². The number of piperazine rings is 1. The highest BCUT2D eigenvalue weighted by Gasteiger charge is 2.23. The molecule has 0 unspecified atom stereocenters. The topological polar surface area (TPSA) is 58.8 Å². The van der Waals surface area contributed by atoms with E-state index in [1.165, 1.54) is 0 Å². The van der Waals surface area contributed by atoms with E-state index in [2.05, 4.69) is 22.8 Å². The Bertz CT molecular complexity index is 493. The third-order valence-corrected chi connectivity index (χ3v) is 4.19. The second-order valence-electron chi connectivity index (χ2n) is 5.88. The van der Waals surface area contributed by atoms with E-state index in [-0.39, 0.29) is 5.91 Å². The SMILES string of the molecule is CCOCCN1CCN(Cc2cccc(C(N)=O)c2)C[C@@H]1C. The van der Waals surface area contributed by atoms with E-state index in [4.69, 9.17) is 10.5 Å². The number of carbonyl (C=O) groups excluding carboxylic acids is 1. The number of benzene rings is 1. The maximum atomic E-state index is 11.3. The summed E-state index contributed by atoms with van der Waals surface area (Å²) in [7, 11) is 0. The molecule has 0 saturated carbocycles. The van der Waals surface area contributed by atoms with Gasteiger partial charge in [-0.15, -0.1) is 0 Å². The average Bonchev–Trinajstić information content (AvgIpc) is 2.50. The van der Waals surface area contributed by atoms with Crippen molar-refractivity contribution in [2.24, 2.45) is 5.73 Å². The van der Waals surface area contributed by atoms with E-state index in [1.54, 1.807) is 6.07 Å². The smallest absolute Gasteiger partial charge is 0.248 e. The van der Waals surface area contributed by atoms with Crippen LogP contribution in [-0.4, -0.2) is 61.1 Å². The van der Waals surface area contributed by atoms with Crippen LogP contribution >= 0.6 is 0 Å². The highest BCUT2D eigenvalue weighted by Crippen LogP contribution is 2.14. The fourth-order valence-corrected chi connectivity index (χ4v) is 2.95. The van der Waals surface area contributed by atoms with Crippen LogP contribution in [0.1, 0.15) is 29.8 Å². The summed E-state index contributed by atoms with van der Waals surface area (Å²) in [4.78, 5) is 16.2. The van der Waals surface area contributed by atoms with Gasteiger partial charge in [0.1, 0.15) is 0 Å². The number of hydrogen-bond acceptors (Lipinski definition) is 4. The van der Waals surface area contributed by atoms with Crippen LogP contribution in [0.3, 0.4) is 0 Å². The number of nitrogens with zero attached hydrogens (tertiary/aromatic N) is 2. The first-order valence-corrected chi connectivity index (χ1v) is 8.03. The van der Waals surface area contributed by atoms with Gasteiger partial charge in [0.15, 0.2) is 0 Å². The normalized spacial score (nSPS) is 20.2. The number of ether oxygens (including phenoxy) is 1. The Morgan fingerprint density at radius 3 is 2.91 bits per heavy atom. The highest BCUT2D eigenvalue weighted by atomic mass is 16.5. The molecule has 2 rings (SSSR count). The molecule has 5 heteroatoms. The lowest BCUT2D eigenvalue weighted by Gasteiger charge is -2.39. The van der Waals surface area contributed by atoms with Gasteiger partial charge in [-0.25, -0.2) is 0 Å². The maximum absolute atomic E-state index is 11.3. The summed E-state index contributed by atoms with van der Waals surface area (Å²) in [6, 6.07) is 8.14. The molecule has 0 bridgehead atoms. The van der Waals surface area contributed by atoms with Crippen molar-refractivity contribution in [3.8, 4) is 0 Å². The first-order chi connectivity index (χ1) is 10.6. The van der Waals surface area contributed by atoms with Crippen LogP contribution in [0.5, 0.6) is 0 Å². The Balaban J connectivity index is 1.85. The summed E-state index contributed by atoms with van der Waals surface area (Å²) in [5, 5.41) is 0. The van der Waals surface area contributed by atoms with Crippen molar-refractivity contribution >= 4 is 5.91 Å². The Morgan fingerprint density at radius 1 is 1.41 bits per heavy atom. The van der Waals surface area contributed by atoms with Crippen LogP contribution in [-0.2, 0) is 11.3 Å². The van der Waals surface area contributed by atoms with E-state index in [0.29, 0.717) is 11.6 Å². The molecule has 1 aromatic carbocycles. The summed E-state index contributed by atoms with van der Waals surface area (Å²) in [5.41, 5.74) is 7.07. The molecule has 1 atom stereocenters. The minimum Gasteiger partial charge on any atom is -0.380 e. The van der Waals surface area contributed by atoms with Crippen LogP contribution in [0.25, 0.3) is 0 Å². The Labute approximate surface area is 133 Å². The second-order valence-corrected chi connectivity index (χ2v) is 5.88. The largest absolute Gasteiger partial charge is 0.380 e. The number of amides is 1. The fourth-order valence-electron chi connectivity index (χ4n) is 2.95. The summed E-state index contributed by atoms with van der Waals surface area (Å²) >= 11 is 0. The van der Waals surface area contributed by atoms with Gasteiger partial charge in [-0.2, -0.15) is 0 Å². The van der Waals surface area contributed by atoms with Gasteiger partial charge in [0.05, 0.1) is 6.61 Å². The lowest BCUT2D eigenvalue weighted by Crippen LogP contribution is -2.52. The van der Waals surface area contributed by atoms with Crippen molar-refractivity contribution in [1.29, 1.82) is 0 Å². The lowest BCUT2D eigenvalue weighted by molar-refractivity contribution is 0.0466. The minimum absolute atomic E-state index is 0.365. The molecule has 0 radical (unpaired) electrons. The second kappa shape index (κ2) is 8.27. The number of carbonyl (C=O) groups is 1. The van der Waals surface area contributed by atoms with E-state index in [1.807, 2.05) is 19.1 Å². The molecule has 5 nitrogen and oxygen atoms in total. The molecule has 0 spiro atoms. The van der Waals surface area contributed by atoms with Gasteiger partial charge in [0.2, 0.25) is 5.91 Å². The van der Waals surface area contributed by atoms with Crippen LogP contribution in [0, 0.1) is 0 Å². The monoisotopic (exact) mass is 305 g/mol. The predicted octanol–water partition coefficient (Wildman–Crippen LogP) is 1.33. The number of rotatable bonds is 7. The zero-order valence-corrected chi connectivity index (χ0v) is 13.6. The van der Waals surface area contributed by atoms with Gasteiger partial charge in [-0.1, -0.05) is 12.1 Å². The minimum atomic E-state index is -0.365. The standard InChI is InChI=1S/C17H27N3O2/c1-3-22-10-9-20-8-7-19(12-14(20)2)13-15-5-4-6-16(11-15)17(18)21/h4-6,11,14H,3,7-10,12-13H2,1-2H3,(H2,18,21)/t14-/m0/s1. The van der Waals surface area contributed by atoms with E-state index >= 15 is 0 Å². The van der Waals surface area contributed by atoms with Gasteiger partial charge in [0, 0.05) is 50.9 Å². The summed E-state index contributed by atoms with van der Waals surface area (Å²) in [5.74, 6) is -0.365. The first kappa shape index (κ1) is 16.9. The van der Waals surface area contributed by atoms with Gasteiger partial charge in [-0.05, 0) is 31.5 Å². The molecule has 1 aliphatic heterocycles. The zero-order chi connectivity index (χ0) is 15.9. The molecule has 22 heavy (non-hydrogen) atoms. The molecule has 122 valence electrons. The molecule has 2 N–H and O–H groups in total. The third kappa shape index (κ3) is 4.80. The van der Waals surface area contributed by atoms with Gasteiger partial charge in [0.25, 0.3) is 0 Å². The Kier molecular flexibility index (Phi) is 6.36. The molecular formula is C17H27N3O2. The van der Waals surface area contributed by atoms with Crippen LogP contribution in [0.4, 0.5) is 0 Å². The molecule has 0 aromatic heterocycles. The van der Waals surface area contributed by atoms with E-state index in [9.17, 15) is 4.79 Å². The zero-order valence-electron chi connectivity index (χ0n) is 13.6. The molecule has 1 aliphatic rings. The summed E-state index contributed by atoms with van der Waals surface area (Å²) < 4.78 is 5.44. The molecule has 0 aliphatic carbocycles. The Hall–Kier alpha value is -1.43. The van der Waals surface area contributed by atoms with Crippen molar-refractivity contribution in [3.05, 3.63) is 35.4 Å². The number of nitrogens with two attached hydrogens (primary N) is 1. The molecule has 1 aromatic rings. The first-order valence-electron chi connectivity index (χ1n) is 8.03. The lowest BCUT2D eigenvalue weighted by atomic mass is 10.1. The van der Waals surface area contributed by atoms with Crippen molar-refractivity contribution in [2.75, 3.05) is 39.4 Å². The molecule has 1 saturated heterocycles. The van der Waals surface area contributed by atoms with Gasteiger partial charge in [-0.3, -0.25) is 14.6 Å². The van der Waals surface area contributed by atoms with Crippen LogP contribution < -0.4 is 5.73 Å². The molecular weight excluding hydrogens is 278 g/mol.